The summed E-state index contributed by atoms with van der Waals surface area (Å²) in [5.74, 6) is -1.49. The fraction of sp³-hybridized carbons (Fsp3) is 0.182. The molecule has 1 aliphatic heterocycles. The molecule has 0 atom stereocenters. The first kappa shape index (κ1) is 15.4. The van der Waals surface area contributed by atoms with E-state index in [4.69, 9.17) is 22.5 Å². The average molecular weight is 329 g/mol. The predicted molar refractivity (Wildman–Crippen MR) is 77.1 cm³/mol. The summed E-state index contributed by atoms with van der Waals surface area (Å²) < 4.78 is 22.3. The lowest BCUT2D eigenvalue weighted by atomic mass is 10.3. The molecule has 0 aliphatic carbocycles. The summed E-state index contributed by atoms with van der Waals surface area (Å²) in [6.07, 6.45) is 0. The molecule has 2 rings (SSSR count). The molecule has 0 radical (unpaired) electrons. The number of anilines is 1. The van der Waals surface area contributed by atoms with E-state index in [1.807, 2.05) is 0 Å². The Bertz CT molecular complexity index is 714. The Balaban J connectivity index is 2.28. The van der Waals surface area contributed by atoms with E-state index in [0.29, 0.717) is 5.69 Å². The highest BCUT2D eigenvalue weighted by Crippen LogP contribution is 2.22. The standard InChI is InChI=1S/C11H11N3O5S2/c12-21(18,19)8-3-1-7(2-4-8)14-9(15)5-13(11(14)20)6-10(16)17/h1-4H,5-6H2,(H,16,17)(H2,12,18,19). The molecule has 8 nitrogen and oxygen atoms in total. The minimum atomic E-state index is -3.82. The number of hydrogen-bond acceptors (Lipinski definition) is 5. The lowest BCUT2D eigenvalue weighted by molar-refractivity contribution is -0.137. The van der Waals surface area contributed by atoms with Crippen LogP contribution in [0.3, 0.4) is 0 Å². The molecule has 1 amide bonds. The van der Waals surface area contributed by atoms with Gasteiger partial charge in [0.15, 0.2) is 5.11 Å². The Morgan fingerprint density at radius 2 is 1.90 bits per heavy atom. The number of benzene rings is 1. The van der Waals surface area contributed by atoms with Crippen LogP contribution in [-0.4, -0.2) is 48.5 Å². The number of hydrogen-bond donors (Lipinski definition) is 2. The topological polar surface area (TPSA) is 121 Å². The van der Waals surface area contributed by atoms with Gasteiger partial charge in [-0.15, -0.1) is 0 Å². The lowest BCUT2D eigenvalue weighted by Gasteiger charge is -2.18. The molecule has 1 aliphatic rings. The third-order valence-corrected chi connectivity index (χ3v) is 4.16. The molecule has 1 fully saturated rings. The Hall–Kier alpha value is -2.04. The second-order valence-corrected chi connectivity index (χ2v) is 6.23. The molecule has 21 heavy (non-hydrogen) atoms. The minimum Gasteiger partial charge on any atom is -0.480 e. The van der Waals surface area contributed by atoms with Crippen LogP contribution in [0.5, 0.6) is 0 Å². The van der Waals surface area contributed by atoms with Gasteiger partial charge in [-0.3, -0.25) is 14.5 Å². The first-order valence-corrected chi connectivity index (χ1v) is 7.62. The van der Waals surface area contributed by atoms with E-state index in [0.717, 1.165) is 4.90 Å². The van der Waals surface area contributed by atoms with Crippen molar-refractivity contribution in [1.82, 2.24) is 4.90 Å². The van der Waals surface area contributed by atoms with Crippen molar-refractivity contribution < 1.29 is 23.1 Å². The first-order chi connectivity index (χ1) is 9.70. The maximum Gasteiger partial charge on any atom is 0.323 e. The Morgan fingerprint density at radius 3 is 2.38 bits per heavy atom. The van der Waals surface area contributed by atoms with Crippen LogP contribution in [0.2, 0.25) is 0 Å². The number of nitrogens with two attached hydrogens (primary N) is 1. The summed E-state index contributed by atoms with van der Waals surface area (Å²) in [6.45, 7) is -0.515. The number of carboxylic acid groups (broad SMARTS) is 1. The molecular formula is C11H11N3O5S2. The second kappa shape index (κ2) is 5.39. The van der Waals surface area contributed by atoms with Crippen LogP contribution in [-0.2, 0) is 19.6 Å². The maximum absolute atomic E-state index is 11.9. The zero-order valence-corrected chi connectivity index (χ0v) is 12.2. The largest absolute Gasteiger partial charge is 0.480 e. The summed E-state index contributed by atoms with van der Waals surface area (Å²) in [4.78, 5) is 24.9. The minimum absolute atomic E-state index is 0.0609. The summed E-state index contributed by atoms with van der Waals surface area (Å²) in [5.41, 5.74) is 0.352. The third kappa shape index (κ3) is 3.17. The van der Waals surface area contributed by atoms with Crippen molar-refractivity contribution in [3.63, 3.8) is 0 Å². The van der Waals surface area contributed by atoms with Gasteiger partial charge in [0.2, 0.25) is 10.0 Å². The highest BCUT2D eigenvalue weighted by atomic mass is 32.2. The molecule has 0 aromatic heterocycles. The number of rotatable bonds is 4. The number of sulfonamides is 1. The molecule has 10 heteroatoms. The van der Waals surface area contributed by atoms with Crippen molar-refractivity contribution >= 4 is 44.9 Å². The Kier molecular flexibility index (Phi) is 3.94. The Morgan fingerprint density at radius 1 is 1.33 bits per heavy atom. The second-order valence-electron chi connectivity index (χ2n) is 4.30. The number of amides is 1. The molecule has 112 valence electrons. The van der Waals surface area contributed by atoms with Crippen molar-refractivity contribution in [2.24, 2.45) is 5.14 Å². The van der Waals surface area contributed by atoms with Gasteiger partial charge in [0, 0.05) is 0 Å². The van der Waals surface area contributed by atoms with Crippen LogP contribution >= 0.6 is 12.2 Å². The van der Waals surface area contributed by atoms with E-state index in [1.54, 1.807) is 0 Å². The van der Waals surface area contributed by atoms with Gasteiger partial charge in [0.25, 0.3) is 5.91 Å². The van der Waals surface area contributed by atoms with Gasteiger partial charge in [0.05, 0.1) is 10.6 Å². The van der Waals surface area contributed by atoms with Crippen molar-refractivity contribution in [1.29, 1.82) is 0 Å². The predicted octanol–water partition coefficient (Wildman–Crippen LogP) is -0.648. The highest BCUT2D eigenvalue weighted by Gasteiger charge is 2.34. The quantitative estimate of drug-likeness (QED) is 0.704. The van der Waals surface area contributed by atoms with Gasteiger partial charge in [-0.25, -0.2) is 13.6 Å². The van der Waals surface area contributed by atoms with Gasteiger partial charge < -0.3 is 10.0 Å². The average Bonchev–Trinajstić information content (AvgIpc) is 2.63. The van der Waals surface area contributed by atoms with Gasteiger partial charge in [-0.2, -0.15) is 0 Å². The van der Waals surface area contributed by atoms with Gasteiger partial charge in [-0.1, -0.05) is 0 Å². The molecular weight excluding hydrogens is 318 g/mol. The summed E-state index contributed by atoms with van der Waals surface area (Å²) >= 11 is 5.07. The molecule has 1 aromatic rings. The number of nitrogens with zero attached hydrogens (tertiary/aromatic N) is 2. The Labute approximate surface area is 125 Å². The van der Waals surface area contributed by atoms with E-state index >= 15 is 0 Å². The lowest BCUT2D eigenvalue weighted by Crippen LogP contribution is -2.35. The number of thiocarbonyl (C=S) groups is 1. The zero-order valence-electron chi connectivity index (χ0n) is 10.6. The molecule has 0 unspecified atom stereocenters. The molecule has 0 saturated carbocycles. The van der Waals surface area contributed by atoms with Crippen molar-refractivity contribution in [2.45, 2.75) is 4.90 Å². The maximum atomic E-state index is 11.9. The summed E-state index contributed by atoms with van der Waals surface area (Å²) in [7, 11) is -3.82. The number of primary sulfonamides is 1. The fourth-order valence-electron chi connectivity index (χ4n) is 1.88. The zero-order chi connectivity index (χ0) is 15.8. The third-order valence-electron chi connectivity index (χ3n) is 2.79. The van der Waals surface area contributed by atoms with Crippen LogP contribution in [0, 0.1) is 0 Å². The van der Waals surface area contributed by atoms with Crippen molar-refractivity contribution in [2.75, 3.05) is 18.0 Å². The highest BCUT2D eigenvalue weighted by molar-refractivity contribution is 7.89. The van der Waals surface area contributed by atoms with E-state index < -0.39 is 16.0 Å². The smallest absolute Gasteiger partial charge is 0.323 e. The number of carbonyl (C=O) groups excluding carboxylic acids is 1. The number of aliphatic carboxylic acids is 1. The van der Waals surface area contributed by atoms with Crippen LogP contribution in [0.4, 0.5) is 5.69 Å². The molecule has 0 spiro atoms. The van der Waals surface area contributed by atoms with E-state index in [9.17, 15) is 18.0 Å². The summed E-state index contributed by atoms with van der Waals surface area (Å²) in [6, 6.07) is 5.27. The van der Waals surface area contributed by atoms with Gasteiger partial charge in [-0.05, 0) is 36.5 Å². The molecule has 0 bridgehead atoms. The van der Waals surface area contributed by atoms with Crippen LogP contribution in [0.15, 0.2) is 29.2 Å². The van der Waals surface area contributed by atoms with Crippen LogP contribution < -0.4 is 10.0 Å². The van der Waals surface area contributed by atoms with Gasteiger partial charge in [0.1, 0.15) is 13.1 Å². The first-order valence-electron chi connectivity index (χ1n) is 5.66. The van der Waals surface area contributed by atoms with E-state index in [-0.39, 0.29) is 29.0 Å². The van der Waals surface area contributed by atoms with Crippen molar-refractivity contribution in [3.8, 4) is 0 Å². The monoisotopic (exact) mass is 329 g/mol. The number of carbonyl (C=O) groups is 2. The van der Waals surface area contributed by atoms with Gasteiger partial charge >= 0.3 is 5.97 Å². The van der Waals surface area contributed by atoms with Crippen LogP contribution in [0.25, 0.3) is 0 Å². The molecule has 1 aromatic carbocycles. The summed E-state index contributed by atoms with van der Waals surface area (Å²) in [5, 5.41) is 13.8. The normalized spacial score (nSPS) is 15.7. The van der Waals surface area contributed by atoms with E-state index in [2.05, 4.69) is 0 Å². The van der Waals surface area contributed by atoms with Crippen LogP contribution in [0.1, 0.15) is 0 Å². The fourth-order valence-corrected chi connectivity index (χ4v) is 2.73. The van der Waals surface area contributed by atoms with Crippen molar-refractivity contribution in [3.05, 3.63) is 24.3 Å². The SMILES string of the molecule is NS(=O)(=O)c1ccc(N2C(=O)CN(CC(=O)O)C2=S)cc1. The molecule has 3 N–H and O–H groups in total. The molecule has 1 heterocycles. The number of carboxylic acids is 1. The molecule has 1 saturated heterocycles. The van der Waals surface area contributed by atoms with E-state index in [1.165, 1.54) is 29.2 Å².